The predicted molar refractivity (Wildman–Crippen MR) is 77.9 cm³/mol. The molecule has 0 spiro atoms. The van der Waals surface area contributed by atoms with Gasteiger partial charge in [0.05, 0.1) is 11.7 Å². The van der Waals surface area contributed by atoms with Crippen molar-refractivity contribution in [2.75, 3.05) is 19.6 Å². The summed E-state index contributed by atoms with van der Waals surface area (Å²) in [5.74, 6) is 0.808. The SMILES string of the molecule is CC(C)N(CC1CCNCC1)C(C)c1cnccn1. The van der Waals surface area contributed by atoms with Crippen LogP contribution in [0, 0.1) is 5.92 Å². The van der Waals surface area contributed by atoms with E-state index < -0.39 is 0 Å². The van der Waals surface area contributed by atoms with Crippen LogP contribution < -0.4 is 5.32 Å². The second-order valence-electron chi connectivity index (χ2n) is 5.79. The van der Waals surface area contributed by atoms with Crippen molar-refractivity contribution in [3.63, 3.8) is 0 Å². The molecule has 19 heavy (non-hydrogen) atoms. The standard InChI is InChI=1S/C15H26N4/c1-12(2)19(11-14-4-6-16-7-5-14)13(3)15-10-17-8-9-18-15/h8-10,12-14,16H,4-7,11H2,1-3H3. The summed E-state index contributed by atoms with van der Waals surface area (Å²) in [5.41, 5.74) is 1.07. The first kappa shape index (κ1) is 14.4. The fourth-order valence-electron chi connectivity index (χ4n) is 2.87. The average Bonchev–Trinajstić information content (AvgIpc) is 2.46. The molecular weight excluding hydrogens is 236 g/mol. The van der Waals surface area contributed by atoms with Gasteiger partial charge in [-0.1, -0.05) is 0 Å². The quantitative estimate of drug-likeness (QED) is 0.883. The van der Waals surface area contributed by atoms with Gasteiger partial charge in [0, 0.05) is 31.2 Å². The minimum absolute atomic E-state index is 0.337. The van der Waals surface area contributed by atoms with Gasteiger partial charge in [0.25, 0.3) is 0 Å². The van der Waals surface area contributed by atoms with Crippen molar-refractivity contribution in [1.82, 2.24) is 20.2 Å². The van der Waals surface area contributed by atoms with E-state index in [9.17, 15) is 0 Å². The Morgan fingerprint density at radius 1 is 1.26 bits per heavy atom. The van der Waals surface area contributed by atoms with E-state index in [0.717, 1.165) is 31.2 Å². The first-order chi connectivity index (χ1) is 9.18. The van der Waals surface area contributed by atoms with Crippen molar-refractivity contribution in [2.45, 2.75) is 45.7 Å². The van der Waals surface area contributed by atoms with E-state index in [1.165, 1.54) is 12.8 Å². The normalized spacial score (nSPS) is 19.0. The number of hydrogen-bond acceptors (Lipinski definition) is 4. The third kappa shape index (κ3) is 3.98. The molecule has 106 valence electrons. The van der Waals surface area contributed by atoms with Crippen LogP contribution in [0.15, 0.2) is 18.6 Å². The number of piperidine rings is 1. The van der Waals surface area contributed by atoms with Gasteiger partial charge in [-0.3, -0.25) is 14.9 Å². The first-order valence-corrected chi connectivity index (χ1v) is 7.41. The van der Waals surface area contributed by atoms with Crippen molar-refractivity contribution in [1.29, 1.82) is 0 Å². The molecule has 4 nitrogen and oxygen atoms in total. The zero-order valence-corrected chi connectivity index (χ0v) is 12.3. The summed E-state index contributed by atoms with van der Waals surface area (Å²) in [6, 6.07) is 0.871. The molecule has 0 saturated carbocycles. The zero-order valence-electron chi connectivity index (χ0n) is 12.3. The minimum atomic E-state index is 0.337. The van der Waals surface area contributed by atoms with Gasteiger partial charge in [0.15, 0.2) is 0 Å². The monoisotopic (exact) mass is 262 g/mol. The van der Waals surface area contributed by atoms with Crippen LogP contribution in [-0.2, 0) is 0 Å². The van der Waals surface area contributed by atoms with Crippen LogP contribution in [0.3, 0.4) is 0 Å². The molecule has 2 heterocycles. The molecule has 1 aliphatic rings. The third-order valence-electron chi connectivity index (χ3n) is 4.10. The fraction of sp³-hybridized carbons (Fsp3) is 0.733. The summed E-state index contributed by atoms with van der Waals surface area (Å²) in [7, 11) is 0. The Labute approximate surface area is 116 Å². The molecule has 1 atom stereocenters. The Morgan fingerprint density at radius 3 is 2.58 bits per heavy atom. The van der Waals surface area contributed by atoms with E-state index in [1.54, 1.807) is 12.4 Å². The molecule has 1 aromatic heterocycles. The van der Waals surface area contributed by atoms with Crippen LogP contribution in [0.25, 0.3) is 0 Å². The maximum Gasteiger partial charge on any atom is 0.0755 e. The van der Waals surface area contributed by atoms with E-state index in [4.69, 9.17) is 0 Å². The lowest BCUT2D eigenvalue weighted by Gasteiger charge is -2.36. The summed E-state index contributed by atoms with van der Waals surface area (Å²) in [4.78, 5) is 11.2. The molecule has 0 bridgehead atoms. The molecule has 1 unspecified atom stereocenters. The topological polar surface area (TPSA) is 41.0 Å². The number of nitrogens with zero attached hydrogens (tertiary/aromatic N) is 3. The molecule has 1 saturated heterocycles. The van der Waals surface area contributed by atoms with Crippen LogP contribution in [0.2, 0.25) is 0 Å². The van der Waals surface area contributed by atoms with E-state index in [2.05, 4.69) is 41.0 Å². The van der Waals surface area contributed by atoms with Crippen LogP contribution in [0.1, 0.15) is 45.3 Å². The van der Waals surface area contributed by atoms with Crippen molar-refractivity contribution in [3.05, 3.63) is 24.3 Å². The van der Waals surface area contributed by atoms with E-state index in [1.807, 2.05) is 6.20 Å². The van der Waals surface area contributed by atoms with Crippen LogP contribution >= 0.6 is 0 Å². The molecule has 1 aromatic rings. The summed E-state index contributed by atoms with van der Waals surface area (Å²) in [5, 5.41) is 3.44. The van der Waals surface area contributed by atoms with Crippen molar-refractivity contribution in [2.24, 2.45) is 5.92 Å². The van der Waals surface area contributed by atoms with Crippen molar-refractivity contribution < 1.29 is 0 Å². The molecule has 0 aliphatic carbocycles. The number of hydrogen-bond donors (Lipinski definition) is 1. The van der Waals surface area contributed by atoms with E-state index in [-0.39, 0.29) is 0 Å². The van der Waals surface area contributed by atoms with Crippen LogP contribution in [0.5, 0.6) is 0 Å². The number of nitrogens with one attached hydrogen (secondary N) is 1. The number of aromatic nitrogens is 2. The van der Waals surface area contributed by atoms with Crippen LogP contribution in [-0.4, -0.2) is 40.5 Å². The summed E-state index contributed by atoms with van der Waals surface area (Å²) in [6.45, 7) is 10.3. The smallest absolute Gasteiger partial charge is 0.0755 e. The van der Waals surface area contributed by atoms with E-state index in [0.29, 0.717) is 12.1 Å². The maximum absolute atomic E-state index is 4.46. The minimum Gasteiger partial charge on any atom is -0.317 e. The van der Waals surface area contributed by atoms with Gasteiger partial charge in [-0.25, -0.2) is 0 Å². The second kappa shape index (κ2) is 6.96. The molecule has 4 heteroatoms. The molecule has 0 radical (unpaired) electrons. The Hall–Kier alpha value is -1.00. The lowest BCUT2D eigenvalue weighted by Crippen LogP contribution is -2.41. The summed E-state index contributed by atoms with van der Waals surface area (Å²) in [6.07, 6.45) is 7.99. The molecule has 0 amide bonds. The summed E-state index contributed by atoms with van der Waals surface area (Å²) >= 11 is 0. The predicted octanol–water partition coefficient (Wildman–Crippen LogP) is 2.25. The zero-order chi connectivity index (χ0) is 13.7. The lowest BCUT2D eigenvalue weighted by molar-refractivity contribution is 0.122. The summed E-state index contributed by atoms with van der Waals surface area (Å²) < 4.78 is 0. The largest absolute Gasteiger partial charge is 0.317 e. The van der Waals surface area contributed by atoms with Gasteiger partial charge in [-0.15, -0.1) is 0 Å². The first-order valence-electron chi connectivity index (χ1n) is 7.41. The fourth-order valence-corrected chi connectivity index (χ4v) is 2.87. The van der Waals surface area contributed by atoms with Crippen molar-refractivity contribution in [3.8, 4) is 0 Å². The lowest BCUT2D eigenvalue weighted by atomic mass is 9.96. The van der Waals surface area contributed by atoms with Gasteiger partial charge in [-0.2, -0.15) is 0 Å². The third-order valence-corrected chi connectivity index (χ3v) is 4.10. The highest BCUT2D eigenvalue weighted by Gasteiger charge is 2.24. The number of rotatable bonds is 5. The van der Waals surface area contributed by atoms with E-state index >= 15 is 0 Å². The highest BCUT2D eigenvalue weighted by molar-refractivity contribution is 5.02. The molecule has 0 aromatic carbocycles. The Morgan fingerprint density at radius 2 is 2.00 bits per heavy atom. The molecular formula is C15H26N4. The molecule has 2 rings (SSSR count). The van der Waals surface area contributed by atoms with Gasteiger partial charge in [0.2, 0.25) is 0 Å². The van der Waals surface area contributed by atoms with Gasteiger partial charge in [-0.05, 0) is 52.6 Å². The maximum atomic E-state index is 4.46. The van der Waals surface area contributed by atoms with Gasteiger partial charge >= 0.3 is 0 Å². The second-order valence-corrected chi connectivity index (χ2v) is 5.79. The van der Waals surface area contributed by atoms with Crippen LogP contribution in [0.4, 0.5) is 0 Å². The van der Waals surface area contributed by atoms with Gasteiger partial charge in [0.1, 0.15) is 0 Å². The highest BCUT2D eigenvalue weighted by atomic mass is 15.2. The Balaban J connectivity index is 2.02. The molecule has 1 aliphatic heterocycles. The average molecular weight is 262 g/mol. The highest BCUT2D eigenvalue weighted by Crippen LogP contribution is 2.24. The van der Waals surface area contributed by atoms with Crippen molar-refractivity contribution >= 4 is 0 Å². The van der Waals surface area contributed by atoms with Gasteiger partial charge < -0.3 is 5.32 Å². The Kier molecular flexibility index (Phi) is 5.28. The molecule has 1 fully saturated rings. The molecule has 1 N–H and O–H groups in total. The Bertz CT molecular complexity index is 360.